The normalized spacial score (nSPS) is 12.8. The molecule has 3 aromatic rings. The van der Waals surface area contributed by atoms with E-state index in [1.54, 1.807) is 0 Å². The highest BCUT2D eigenvalue weighted by Gasteiger charge is 2.21. The molecule has 1 heterocycles. The van der Waals surface area contributed by atoms with E-state index < -0.39 is 10.0 Å². The number of carbonyl (C=O) groups excluding carboxylic acids is 2. The number of nitrogens with zero attached hydrogens (tertiary/aromatic N) is 1. The molecule has 1 atom stereocenters. The predicted molar refractivity (Wildman–Crippen MR) is 118 cm³/mol. The van der Waals surface area contributed by atoms with E-state index in [2.05, 4.69) is 5.32 Å². The van der Waals surface area contributed by atoms with Gasteiger partial charge in [0.15, 0.2) is 5.78 Å². The topological polar surface area (TPSA) is 96.7 Å². The first-order chi connectivity index (χ1) is 14.7. The monoisotopic (exact) mass is 442 g/mol. The Labute approximate surface area is 182 Å². The molecule has 7 nitrogen and oxygen atoms in total. The van der Waals surface area contributed by atoms with Gasteiger partial charge in [-0.1, -0.05) is 30.3 Å². The van der Waals surface area contributed by atoms with Gasteiger partial charge in [0, 0.05) is 31.0 Å². The summed E-state index contributed by atoms with van der Waals surface area (Å²) in [5.74, 6) is 0.369. The van der Waals surface area contributed by atoms with Gasteiger partial charge in [-0.3, -0.25) is 9.59 Å². The van der Waals surface area contributed by atoms with E-state index in [0.29, 0.717) is 17.7 Å². The largest absolute Gasteiger partial charge is 0.459 e. The summed E-state index contributed by atoms with van der Waals surface area (Å²) in [6.07, 6.45) is 0.563. The Hall–Kier alpha value is -2.97. The van der Waals surface area contributed by atoms with E-state index in [9.17, 15) is 18.0 Å². The molecule has 0 spiro atoms. The number of nitrogens with one attached hydrogen (secondary N) is 1. The fourth-order valence-electron chi connectivity index (χ4n) is 3.22. The first kappa shape index (κ1) is 22.7. The van der Waals surface area contributed by atoms with Gasteiger partial charge in [-0.2, -0.15) is 0 Å². The van der Waals surface area contributed by atoms with Crippen LogP contribution in [0.2, 0.25) is 0 Å². The van der Waals surface area contributed by atoms with Gasteiger partial charge in [-0.15, -0.1) is 0 Å². The second-order valence-corrected chi connectivity index (χ2v) is 9.53. The maximum absolute atomic E-state index is 12.7. The van der Waals surface area contributed by atoms with Crippen molar-refractivity contribution in [3.8, 4) is 0 Å². The summed E-state index contributed by atoms with van der Waals surface area (Å²) in [5.41, 5.74) is 1.22. The van der Waals surface area contributed by atoms with Crippen LogP contribution in [0.3, 0.4) is 0 Å². The van der Waals surface area contributed by atoms with Crippen LogP contribution in [-0.2, 0) is 14.8 Å². The van der Waals surface area contributed by atoms with E-state index in [1.807, 2.05) is 37.3 Å². The summed E-state index contributed by atoms with van der Waals surface area (Å²) >= 11 is 0. The molecule has 164 valence electrons. The van der Waals surface area contributed by atoms with Crippen LogP contribution in [0.1, 0.15) is 48.8 Å². The molecule has 0 aliphatic carbocycles. The van der Waals surface area contributed by atoms with Crippen LogP contribution in [0.5, 0.6) is 0 Å². The van der Waals surface area contributed by atoms with Gasteiger partial charge in [0.2, 0.25) is 15.9 Å². The Kier molecular flexibility index (Phi) is 6.92. The number of para-hydroxylation sites is 1. The van der Waals surface area contributed by atoms with E-state index in [4.69, 9.17) is 4.42 Å². The van der Waals surface area contributed by atoms with Crippen molar-refractivity contribution >= 4 is 32.7 Å². The lowest BCUT2D eigenvalue weighted by atomic mass is 10.2. The van der Waals surface area contributed by atoms with E-state index in [0.717, 1.165) is 11.0 Å². The fraction of sp³-hybridized carbons (Fsp3) is 0.304. The first-order valence-electron chi connectivity index (χ1n) is 10.0. The minimum atomic E-state index is -3.68. The van der Waals surface area contributed by atoms with Crippen LogP contribution < -0.4 is 5.32 Å². The van der Waals surface area contributed by atoms with Gasteiger partial charge in [-0.25, -0.2) is 12.7 Å². The van der Waals surface area contributed by atoms with Gasteiger partial charge in [0.25, 0.3) is 0 Å². The first-order valence-corrected chi connectivity index (χ1v) is 11.5. The number of benzene rings is 2. The average molecular weight is 443 g/mol. The molecule has 3 rings (SSSR count). The average Bonchev–Trinajstić information content (AvgIpc) is 3.18. The molecule has 2 aromatic carbocycles. The zero-order valence-corrected chi connectivity index (χ0v) is 18.6. The maximum Gasteiger partial charge on any atom is 0.242 e. The van der Waals surface area contributed by atoms with Crippen LogP contribution in [0.25, 0.3) is 11.0 Å². The number of fused-ring (bicyclic) bond motifs is 1. The molecule has 0 radical (unpaired) electrons. The highest BCUT2D eigenvalue weighted by molar-refractivity contribution is 7.89. The molecule has 31 heavy (non-hydrogen) atoms. The lowest BCUT2D eigenvalue weighted by molar-refractivity contribution is -0.122. The molecule has 0 saturated carbocycles. The molecular weight excluding hydrogens is 416 g/mol. The standard InChI is InChI=1S/C23H26N2O5S/c1-16(22-15-19-7-4-5-8-21(19)30-22)24-23(27)9-6-14-25(3)31(28,29)20-12-10-18(11-13-20)17(2)26/h4-5,7-8,10-13,15-16H,6,9,14H2,1-3H3,(H,24,27). The fourth-order valence-corrected chi connectivity index (χ4v) is 4.43. The molecule has 0 bridgehead atoms. The molecule has 1 unspecified atom stereocenters. The molecule has 0 saturated heterocycles. The van der Waals surface area contributed by atoms with Crippen LogP contribution in [-0.4, -0.2) is 38.0 Å². The van der Waals surface area contributed by atoms with Gasteiger partial charge in [0.1, 0.15) is 11.3 Å². The van der Waals surface area contributed by atoms with Crippen molar-refractivity contribution in [1.29, 1.82) is 0 Å². The number of Topliss-reactive ketones (excluding diaryl/α,β-unsaturated/α-hetero) is 1. The number of hydrogen-bond acceptors (Lipinski definition) is 5. The zero-order valence-electron chi connectivity index (χ0n) is 17.8. The third kappa shape index (κ3) is 5.39. The Morgan fingerprint density at radius 2 is 1.77 bits per heavy atom. The van der Waals surface area contributed by atoms with Crippen LogP contribution >= 0.6 is 0 Å². The number of ketones is 1. The summed E-state index contributed by atoms with van der Waals surface area (Å²) in [6, 6.07) is 15.1. The van der Waals surface area contributed by atoms with E-state index in [-0.39, 0.29) is 35.6 Å². The highest BCUT2D eigenvalue weighted by Crippen LogP contribution is 2.23. The Morgan fingerprint density at radius 3 is 2.42 bits per heavy atom. The molecule has 1 aromatic heterocycles. The van der Waals surface area contributed by atoms with Gasteiger partial charge in [-0.05, 0) is 44.5 Å². The van der Waals surface area contributed by atoms with Gasteiger partial charge >= 0.3 is 0 Å². The lowest BCUT2D eigenvalue weighted by Gasteiger charge is -2.17. The molecule has 0 aliphatic rings. The number of sulfonamides is 1. The third-order valence-corrected chi connectivity index (χ3v) is 6.97. The molecular formula is C23H26N2O5S. The number of rotatable bonds is 9. The Bertz CT molecular complexity index is 1150. The van der Waals surface area contributed by atoms with Crippen molar-refractivity contribution in [2.75, 3.05) is 13.6 Å². The number of furan rings is 1. The highest BCUT2D eigenvalue weighted by atomic mass is 32.2. The van der Waals surface area contributed by atoms with Gasteiger partial charge < -0.3 is 9.73 Å². The summed E-state index contributed by atoms with van der Waals surface area (Å²) in [7, 11) is -2.21. The second kappa shape index (κ2) is 9.45. The minimum Gasteiger partial charge on any atom is -0.459 e. The summed E-state index contributed by atoms with van der Waals surface area (Å²) in [5, 5.41) is 3.86. The summed E-state index contributed by atoms with van der Waals surface area (Å²) in [6.45, 7) is 3.47. The smallest absolute Gasteiger partial charge is 0.242 e. The van der Waals surface area contributed by atoms with Crippen LogP contribution in [0.15, 0.2) is 63.9 Å². The van der Waals surface area contributed by atoms with Gasteiger partial charge in [0.05, 0.1) is 10.9 Å². The molecule has 0 aliphatic heterocycles. The van der Waals surface area contributed by atoms with Crippen molar-refractivity contribution < 1.29 is 22.4 Å². The predicted octanol–water partition coefficient (Wildman–Crippen LogP) is 3.91. The van der Waals surface area contributed by atoms with E-state index in [1.165, 1.54) is 42.5 Å². The second-order valence-electron chi connectivity index (χ2n) is 7.49. The third-order valence-electron chi connectivity index (χ3n) is 5.09. The summed E-state index contributed by atoms with van der Waals surface area (Å²) in [4.78, 5) is 23.8. The Balaban J connectivity index is 1.51. The molecule has 1 amide bonds. The molecule has 0 fully saturated rings. The van der Waals surface area contributed by atoms with Crippen LogP contribution in [0.4, 0.5) is 0 Å². The van der Waals surface area contributed by atoms with Crippen molar-refractivity contribution in [3.05, 3.63) is 65.9 Å². The SMILES string of the molecule is CC(=O)c1ccc(S(=O)(=O)N(C)CCCC(=O)NC(C)c2cc3ccccc3o2)cc1. The summed E-state index contributed by atoms with van der Waals surface area (Å²) < 4.78 is 32.3. The number of hydrogen-bond donors (Lipinski definition) is 1. The zero-order chi connectivity index (χ0) is 22.6. The molecule has 8 heteroatoms. The maximum atomic E-state index is 12.7. The minimum absolute atomic E-state index is 0.114. The van der Waals surface area contributed by atoms with Crippen LogP contribution in [0, 0.1) is 0 Å². The lowest BCUT2D eigenvalue weighted by Crippen LogP contribution is -2.30. The van der Waals surface area contributed by atoms with Crippen molar-refractivity contribution in [2.45, 2.75) is 37.6 Å². The molecule has 1 N–H and O–H groups in total. The van der Waals surface area contributed by atoms with Crippen molar-refractivity contribution in [3.63, 3.8) is 0 Å². The van der Waals surface area contributed by atoms with Crippen molar-refractivity contribution in [1.82, 2.24) is 9.62 Å². The quantitative estimate of drug-likeness (QED) is 0.507. The van der Waals surface area contributed by atoms with Crippen molar-refractivity contribution in [2.24, 2.45) is 0 Å². The number of amides is 1. The number of carbonyl (C=O) groups is 2. The van der Waals surface area contributed by atoms with E-state index >= 15 is 0 Å². The Morgan fingerprint density at radius 1 is 1.10 bits per heavy atom.